The SMILES string of the molecule is CCOc1ccc(Cl)cc1NC(=O)c1ccc(F)c(Br)c1. The predicted molar refractivity (Wildman–Crippen MR) is 84.7 cm³/mol. The number of nitrogens with one attached hydrogen (secondary N) is 1. The molecule has 0 atom stereocenters. The summed E-state index contributed by atoms with van der Waals surface area (Å²) in [6, 6.07) is 9.00. The number of anilines is 1. The van der Waals surface area contributed by atoms with Gasteiger partial charge in [-0.05, 0) is 59.3 Å². The second kappa shape index (κ2) is 6.91. The second-order valence-electron chi connectivity index (χ2n) is 4.16. The van der Waals surface area contributed by atoms with E-state index < -0.39 is 5.82 Å². The van der Waals surface area contributed by atoms with E-state index in [1.165, 1.54) is 18.2 Å². The lowest BCUT2D eigenvalue weighted by Gasteiger charge is -2.12. The molecule has 6 heteroatoms. The Labute approximate surface area is 135 Å². The van der Waals surface area contributed by atoms with Crippen molar-refractivity contribution in [1.82, 2.24) is 0 Å². The number of carbonyl (C=O) groups excluding carboxylic acids is 1. The molecule has 0 saturated carbocycles. The first kappa shape index (κ1) is 15.8. The van der Waals surface area contributed by atoms with Gasteiger partial charge in [-0.1, -0.05) is 11.6 Å². The molecule has 0 radical (unpaired) electrons. The molecule has 0 spiro atoms. The highest BCUT2D eigenvalue weighted by Crippen LogP contribution is 2.28. The first-order chi connectivity index (χ1) is 10.0. The number of hydrogen-bond acceptors (Lipinski definition) is 2. The molecule has 0 saturated heterocycles. The maximum absolute atomic E-state index is 13.2. The van der Waals surface area contributed by atoms with Gasteiger partial charge in [0.05, 0.1) is 16.8 Å². The summed E-state index contributed by atoms with van der Waals surface area (Å²) < 4.78 is 18.8. The molecule has 0 heterocycles. The Morgan fingerprint density at radius 2 is 2.10 bits per heavy atom. The average molecular weight is 373 g/mol. The number of amides is 1. The Bertz CT molecular complexity index is 679. The topological polar surface area (TPSA) is 38.3 Å². The fourth-order valence-corrected chi connectivity index (χ4v) is 2.26. The lowest BCUT2D eigenvalue weighted by atomic mass is 10.2. The largest absolute Gasteiger partial charge is 0.492 e. The summed E-state index contributed by atoms with van der Waals surface area (Å²) in [4.78, 5) is 12.2. The molecule has 2 rings (SSSR count). The van der Waals surface area contributed by atoms with E-state index in [1.807, 2.05) is 6.92 Å². The Hall–Kier alpha value is -1.59. The zero-order chi connectivity index (χ0) is 15.4. The van der Waals surface area contributed by atoms with Crippen molar-refractivity contribution in [3.8, 4) is 5.75 Å². The van der Waals surface area contributed by atoms with E-state index in [1.54, 1.807) is 18.2 Å². The summed E-state index contributed by atoms with van der Waals surface area (Å²) in [7, 11) is 0. The van der Waals surface area contributed by atoms with Crippen molar-refractivity contribution >= 4 is 39.1 Å². The minimum Gasteiger partial charge on any atom is -0.492 e. The van der Waals surface area contributed by atoms with Crippen LogP contribution in [0.15, 0.2) is 40.9 Å². The third-order valence-electron chi connectivity index (χ3n) is 2.67. The molecule has 2 aromatic carbocycles. The summed E-state index contributed by atoms with van der Waals surface area (Å²) in [5, 5.41) is 3.19. The van der Waals surface area contributed by atoms with E-state index in [9.17, 15) is 9.18 Å². The predicted octanol–water partition coefficient (Wildman–Crippen LogP) is 4.89. The van der Waals surface area contributed by atoms with Crippen LogP contribution in [-0.4, -0.2) is 12.5 Å². The molecule has 21 heavy (non-hydrogen) atoms. The van der Waals surface area contributed by atoms with Crippen LogP contribution in [0.2, 0.25) is 5.02 Å². The van der Waals surface area contributed by atoms with E-state index in [4.69, 9.17) is 16.3 Å². The highest BCUT2D eigenvalue weighted by molar-refractivity contribution is 9.10. The van der Waals surface area contributed by atoms with Crippen LogP contribution in [0.25, 0.3) is 0 Å². The van der Waals surface area contributed by atoms with Gasteiger partial charge in [0.1, 0.15) is 11.6 Å². The Morgan fingerprint density at radius 3 is 2.76 bits per heavy atom. The van der Waals surface area contributed by atoms with E-state index in [0.717, 1.165) is 0 Å². The van der Waals surface area contributed by atoms with Crippen LogP contribution in [-0.2, 0) is 0 Å². The van der Waals surface area contributed by atoms with Crippen LogP contribution >= 0.6 is 27.5 Å². The fraction of sp³-hybridized carbons (Fsp3) is 0.133. The quantitative estimate of drug-likeness (QED) is 0.829. The molecule has 0 aliphatic carbocycles. The summed E-state index contributed by atoms with van der Waals surface area (Å²) in [6.07, 6.45) is 0. The van der Waals surface area contributed by atoms with Crippen LogP contribution in [0.4, 0.5) is 10.1 Å². The van der Waals surface area contributed by atoms with Crippen molar-refractivity contribution in [1.29, 1.82) is 0 Å². The Balaban J connectivity index is 2.26. The third-order valence-corrected chi connectivity index (χ3v) is 3.51. The summed E-state index contributed by atoms with van der Waals surface area (Å²) in [6.45, 7) is 2.31. The van der Waals surface area contributed by atoms with Gasteiger partial charge in [-0.15, -0.1) is 0 Å². The van der Waals surface area contributed by atoms with Crippen molar-refractivity contribution in [2.75, 3.05) is 11.9 Å². The molecular formula is C15H12BrClFNO2. The number of rotatable bonds is 4. The minimum absolute atomic E-state index is 0.228. The fourth-order valence-electron chi connectivity index (χ4n) is 1.71. The van der Waals surface area contributed by atoms with Crippen LogP contribution < -0.4 is 10.1 Å². The standard InChI is InChI=1S/C15H12BrClFNO2/c1-2-21-14-6-4-10(17)8-13(14)19-15(20)9-3-5-12(18)11(16)7-9/h3-8H,2H2,1H3,(H,19,20). The highest BCUT2D eigenvalue weighted by Gasteiger charge is 2.12. The van der Waals surface area contributed by atoms with Gasteiger partial charge in [0.2, 0.25) is 0 Å². The van der Waals surface area contributed by atoms with Gasteiger partial charge in [-0.3, -0.25) is 4.79 Å². The number of benzene rings is 2. The number of halogens is 3. The maximum Gasteiger partial charge on any atom is 0.255 e. The van der Waals surface area contributed by atoms with Gasteiger partial charge >= 0.3 is 0 Å². The summed E-state index contributed by atoms with van der Waals surface area (Å²) >= 11 is 8.98. The van der Waals surface area contributed by atoms with E-state index in [-0.39, 0.29) is 10.4 Å². The van der Waals surface area contributed by atoms with Crippen molar-refractivity contribution in [3.05, 3.63) is 57.3 Å². The van der Waals surface area contributed by atoms with Gasteiger partial charge in [-0.25, -0.2) is 4.39 Å². The van der Waals surface area contributed by atoms with Gasteiger partial charge in [0, 0.05) is 10.6 Å². The number of carbonyl (C=O) groups is 1. The Morgan fingerprint density at radius 1 is 1.33 bits per heavy atom. The van der Waals surface area contributed by atoms with Crippen molar-refractivity contribution in [3.63, 3.8) is 0 Å². The highest BCUT2D eigenvalue weighted by atomic mass is 79.9. The average Bonchev–Trinajstić information content (AvgIpc) is 2.45. The molecular weight excluding hydrogens is 361 g/mol. The van der Waals surface area contributed by atoms with Crippen molar-refractivity contribution in [2.45, 2.75) is 6.92 Å². The molecule has 0 aromatic heterocycles. The lowest BCUT2D eigenvalue weighted by molar-refractivity contribution is 0.102. The monoisotopic (exact) mass is 371 g/mol. The molecule has 110 valence electrons. The molecule has 0 unspecified atom stereocenters. The van der Waals surface area contributed by atoms with Gasteiger partial charge < -0.3 is 10.1 Å². The molecule has 0 fully saturated rings. The molecule has 0 bridgehead atoms. The second-order valence-corrected chi connectivity index (χ2v) is 5.45. The smallest absolute Gasteiger partial charge is 0.255 e. The Kier molecular flexibility index (Phi) is 5.20. The molecule has 0 aliphatic heterocycles. The number of ether oxygens (including phenoxy) is 1. The molecule has 1 N–H and O–H groups in total. The zero-order valence-corrected chi connectivity index (χ0v) is 13.5. The first-order valence-electron chi connectivity index (χ1n) is 6.20. The first-order valence-corrected chi connectivity index (χ1v) is 7.37. The maximum atomic E-state index is 13.2. The third kappa shape index (κ3) is 3.95. The van der Waals surface area contributed by atoms with E-state index in [0.29, 0.717) is 28.6 Å². The van der Waals surface area contributed by atoms with Gasteiger partial charge in [0.15, 0.2) is 0 Å². The van der Waals surface area contributed by atoms with Crippen molar-refractivity contribution < 1.29 is 13.9 Å². The van der Waals surface area contributed by atoms with Crippen molar-refractivity contribution in [2.24, 2.45) is 0 Å². The zero-order valence-electron chi connectivity index (χ0n) is 11.1. The summed E-state index contributed by atoms with van der Waals surface area (Å²) in [5.74, 6) is -0.278. The molecule has 1 amide bonds. The summed E-state index contributed by atoms with van der Waals surface area (Å²) in [5.41, 5.74) is 0.792. The van der Waals surface area contributed by atoms with Crippen LogP contribution in [0, 0.1) is 5.82 Å². The lowest BCUT2D eigenvalue weighted by Crippen LogP contribution is -2.13. The normalized spacial score (nSPS) is 10.3. The molecule has 3 nitrogen and oxygen atoms in total. The minimum atomic E-state index is -0.427. The van der Waals surface area contributed by atoms with Crippen LogP contribution in [0.3, 0.4) is 0 Å². The number of hydrogen-bond donors (Lipinski definition) is 1. The van der Waals surface area contributed by atoms with Gasteiger partial charge in [-0.2, -0.15) is 0 Å². The van der Waals surface area contributed by atoms with Crippen LogP contribution in [0.1, 0.15) is 17.3 Å². The van der Waals surface area contributed by atoms with E-state index in [2.05, 4.69) is 21.2 Å². The molecule has 0 aliphatic rings. The molecule has 2 aromatic rings. The van der Waals surface area contributed by atoms with Crippen LogP contribution in [0.5, 0.6) is 5.75 Å². The van der Waals surface area contributed by atoms with Gasteiger partial charge in [0.25, 0.3) is 5.91 Å². The van der Waals surface area contributed by atoms with E-state index >= 15 is 0 Å².